The molecule has 2 atom stereocenters. The van der Waals surface area contributed by atoms with E-state index in [1.165, 1.54) is 5.56 Å². The number of aliphatic hydroxyl groups excluding tert-OH is 1. The molecule has 110 valence electrons. The zero-order valence-electron chi connectivity index (χ0n) is 12.2. The number of para-hydroxylation sites is 1. The summed E-state index contributed by atoms with van der Waals surface area (Å²) in [5.41, 5.74) is 2.23. The summed E-state index contributed by atoms with van der Waals surface area (Å²) in [6.07, 6.45) is 1.39. The monoisotopic (exact) mass is 300 g/mol. The van der Waals surface area contributed by atoms with E-state index < -0.39 is 6.10 Å². The van der Waals surface area contributed by atoms with Gasteiger partial charge in [0, 0.05) is 10.6 Å². The number of rotatable bonds is 4. The summed E-state index contributed by atoms with van der Waals surface area (Å²) in [6.45, 7) is 2.17. The summed E-state index contributed by atoms with van der Waals surface area (Å²) in [5, 5.41) is 10.6. The maximum absolute atomic E-state index is 10.6. The third-order valence-corrected chi connectivity index (χ3v) is 4.86. The Bertz CT molecular complexity index is 612. The van der Waals surface area contributed by atoms with Crippen molar-refractivity contribution in [2.24, 2.45) is 0 Å². The van der Waals surface area contributed by atoms with Crippen molar-refractivity contribution in [1.82, 2.24) is 0 Å². The molecular weight excluding hydrogens is 280 g/mol. The van der Waals surface area contributed by atoms with Crippen LogP contribution in [0.15, 0.2) is 53.4 Å². The predicted molar refractivity (Wildman–Crippen MR) is 87.0 cm³/mol. The van der Waals surface area contributed by atoms with Gasteiger partial charge in [0.2, 0.25) is 0 Å². The van der Waals surface area contributed by atoms with Crippen LogP contribution in [0.3, 0.4) is 0 Å². The van der Waals surface area contributed by atoms with Crippen molar-refractivity contribution in [2.75, 3.05) is 5.75 Å². The standard InChI is InChI=1S/C18H20O2S/c1-2-6-13-7-5-8-14(11-13)18(19)16-12-21-17-10-4-3-9-15(17)20-16/h3-5,7-11,16,18-19H,2,6,12H2,1H3. The number of aryl methyl sites for hydroxylation is 1. The van der Waals surface area contributed by atoms with Crippen molar-refractivity contribution in [1.29, 1.82) is 0 Å². The molecule has 21 heavy (non-hydrogen) atoms. The third-order valence-electron chi connectivity index (χ3n) is 3.71. The number of aliphatic hydroxyl groups is 1. The highest BCUT2D eigenvalue weighted by molar-refractivity contribution is 7.99. The lowest BCUT2D eigenvalue weighted by molar-refractivity contribution is 0.0457. The second-order valence-electron chi connectivity index (χ2n) is 5.35. The molecule has 2 unspecified atom stereocenters. The number of fused-ring (bicyclic) bond motifs is 1. The summed E-state index contributed by atoms with van der Waals surface area (Å²) < 4.78 is 5.98. The van der Waals surface area contributed by atoms with E-state index in [-0.39, 0.29) is 6.10 Å². The number of ether oxygens (including phenoxy) is 1. The third kappa shape index (κ3) is 3.25. The largest absolute Gasteiger partial charge is 0.485 e. The van der Waals surface area contributed by atoms with Crippen LogP contribution >= 0.6 is 11.8 Å². The molecule has 2 nitrogen and oxygen atoms in total. The van der Waals surface area contributed by atoms with Gasteiger partial charge in [0.1, 0.15) is 18.0 Å². The normalized spacial score (nSPS) is 18.7. The quantitative estimate of drug-likeness (QED) is 0.916. The average molecular weight is 300 g/mol. The molecule has 0 aliphatic carbocycles. The van der Waals surface area contributed by atoms with Crippen molar-refractivity contribution in [2.45, 2.75) is 36.9 Å². The van der Waals surface area contributed by atoms with E-state index in [1.807, 2.05) is 30.3 Å². The Morgan fingerprint density at radius 1 is 1.24 bits per heavy atom. The SMILES string of the molecule is CCCc1cccc(C(O)C2CSc3ccccc3O2)c1. The van der Waals surface area contributed by atoms with Gasteiger partial charge in [-0.25, -0.2) is 0 Å². The molecule has 3 rings (SSSR count). The number of hydrogen-bond donors (Lipinski definition) is 1. The molecule has 0 aromatic heterocycles. The molecule has 1 aliphatic heterocycles. The van der Waals surface area contributed by atoms with E-state index in [1.54, 1.807) is 11.8 Å². The van der Waals surface area contributed by atoms with Crippen LogP contribution in [0.4, 0.5) is 0 Å². The highest BCUT2D eigenvalue weighted by Crippen LogP contribution is 2.38. The lowest BCUT2D eigenvalue weighted by atomic mass is 10.0. The van der Waals surface area contributed by atoms with Crippen molar-refractivity contribution in [3.05, 3.63) is 59.7 Å². The fraction of sp³-hybridized carbons (Fsp3) is 0.333. The van der Waals surface area contributed by atoms with Crippen LogP contribution in [-0.2, 0) is 6.42 Å². The summed E-state index contributed by atoms with van der Waals surface area (Å²) in [7, 11) is 0. The van der Waals surface area contributed by atoms with Gasteiger partial charge < -0.3 is 9.84 Å². The summed E-state index contributed by atoms with van der Waals surface area (Å²) in [4.78, 5) is 1.15. The van der Waals surface area contributed by atoms with E-state index in [4.69, 9.17) is 4.74 Å². The molecule has 1 aliphatic rings. The fourth-order valence-corrected chi connectivity index (χ4v) is 3.65. The second kappa shape index (κ2) is 6.54. The van der Waals surface area contributed by atoms with Crippen molar-refractivity contribution in [3.63, 3.8) is 0 Å². The summed E-state index contributed by atoms with van der Waals surface area (Å²) >= 11 is 1.75. The average Bonchev–Trinajstić information content (AvgIpc) is 2.54. The highest BCUT2D eigenvalue weighted by Gasteiger charge is 2.27. The minimum atomic E-state index is -0.581. The molecule has 0 fully saturated rings. The molecule has 2 aromatic carbocycles. The molecule has 3 heteroatoms. The van der Waals surface area contributed by atoms with Gasteiger partial charge in [-0.1, -0.05) is 49.7 Å². The van der Waals surface area contributed by atoms with E-state index >= 15 is 0 Å². The van der Waals surface area contributed by atoms with Crippen LogP contribution in [0, 0.1) is 0 Å². The van der Waals surface area contributed by atoms with Crippen LogP contribution in [0.25, 0.3) is 0 Å². The van der Waals surface area contributed by atoms with Gasteiger partial charge in [-0.05, 0) is 29.7 Å². The number of thioether (sulfide) groups is 1. The van der Waals surface area contributed by atoms with E-state index in [2.05, 4.69) is 25.1 Å². The smallest absolute Gasteiger partial charge is 0.138 e. The molecule has 1 N–H and O–H groups in total. The number of benzene rings is 2. The first kappa shape index (κ1) is 14.5. The first-order valence-corrected chi connectivity index (χ1v) is 8.42. The minimum Gasteiger partial charge on any atom is -0.485 e. The Balaban J connectivity index is 1.77. The summed E-state index contributed by atoms with van der Waals surface area (Å²) in [5.74, 6) is 1.65. The Hall–Kier alpha value is -1.45. The molecule has 0 radical (unpaired) electrons. The molecule has 2 aromatic rings. The van der Waals surface area contributed by atoms with Gasteiger partial charge in [0.25, 0.3) is 0 Å². The molecule has 1 heterocycles. The van der Waals surface area contributed by atoms with E-state index in [9.17, 15) is 5.11 Å². The van der Waals surface area contributed by atoms with Crippen LogP contribution in [0.1, 0.15) is 30.6 Å². The Morgan fingerprint density at radius 3 is 2.95 bits per heavy atom. The van der Waals surface area contributed by atoms with E-state index in [0.717, 1.165) is 34.8 Å². The predicted octanol–water partition coefficient (Wildman–Crippen LogP) is 4.23. The zero-order chi connectivity index (χ0) is 14.7. The fourth-order valence-electron chi connectivity index (χ4n) is 2.63. The molecular formula is C18H20O2S. The maximum atomic E-state index is 10.6. The zero-order valence-corrected chi connectivity index (χ0v) is 13.0. The topological polar surface area (TPSA) is 29.5 Å². The van der Waals surface area contributed by atoms with Gasteiger partial charge in [-0.2, -0.15) is 0 Å². The molecule has 0 spiro atoms. The van der Waals surface area contributed by atoms with Gasteiger partial charge in [0.15, 0.2) is 0 Å². The van der Waals surface area contributed by atoms with Gasteiger partial charge in [-0.3, -0.25) is 0 Å². The van der Waals surface area contributed by atoms with Crippen LogP contribution in [-0.4, -0.2) is 17.0 Å². The van der Waals surface area contributed by atoms with E-state index in [0.29, 0.717) is 0 Å². The van der Waals surface area contributed by atoms with Gasteiger partial charge in [0.05, 0.1) is 0 Å². The minimum absolute atomic E-state index is 0.193. The Labute approximate surface area is 130 Å². The molecule has 0 amide bonds. The lowest BCUT2D eigenvalue weighted by Gasteiger charge is -2.29. The second-order valence-corrected chi connectivity index (χ2v) is 6.42. The molecule has 0 bridgehead atoms. The van der Waals surface area contributed by atoms with Gasteiger partial charge in [-0.15, -0.1) is 11.8 Å². The Kier molecular flexibility index (Phi) is 4.51. The summed E-state index contributed by atoms with van der Waals surface area (Å²) in [6, 6.07) is 16.2. The van der Waals surface area contributed by atoms with Crippen LogP contribution < -0.4 is 4.74 Å². The van der Waals surface area contributed by atoms with Crippen LogP contribution in [0.2, 0.25) is 0 Å². The molecule has 0 saturated carbocycles. The van der Waals surface area contributed by atoms with Crippen molar-refractivity contribution < 1.29 is 9.84 Å². The van der Waals surface area contributed by atoms with Crippen LogP contribution in [0.5, 0.6) is 5.75 Å². The molecule has 0 saturated heterocycles. The maximum Gasteiger partial charge on any atom is 0.138 e. The first-order valence-electron chi connectivity index (χ1n) is 7.43. The van der Waals surface area contributed by atoms with Crippen molar-refractivity contribution in [3.8, 4) is 5.75 Å². The lowest BCUT2D eigenvalue weighted by Crippen LogP contribution is -2.30. The van der Waals surface area contributed by atoms with Crippen molar-refractivity contribution >= 4 is 11.8 Å². The first-order chi connectivity index (χ1) is 10.3. The van der Waals surface area contributed by atoms with Gasteiger partial charge >= 0.3 is 0 Å². The highest BCUT2D eigenvalue weighted by atomic mass is 32.2. The Morgan fingerprint density at radius 2 is 2.10 bits per heavy atom. The number of hydrogen-bond acceptors (Lipinski definition) is 3.